The quantitative estimate of drug-likeness (QED) is 0.730. The first-order valence-electron chi connectivity index (χ1n) is 4.56. The molecule has 4 nitrogen and oxygen atoms in total. The van der Waals surface area contributed by atoms with Gasteiger partial charge in [-0.3, -0.25) is 0 Å². The number of hydrogen-bond acceptors (Lipinski definition) is 4. The summed E-state index contributed by atoms with van der Waals surface area (Å²) >= 11 is 7.83. The minimum Gasteiger partial charge on any atom is -0.320 e. The van der Waals surface area contributed by atoms with Crippen molar-refractivity contribution >= 4 is 53.2 Å². The van der Waals surface area contributed by atoms with Crippen molar-refractivity contribution < 1.29 is 8.42 Å². The summed E-state index contributed by atoms with van der Waals surface area (Å²) in [6, 6.07) is 1.59. The lowest BCUT2D eigenvalue weighted by Gasteiger charge is -2.05. The second-order valence-electron chi connectivity index (χ2n) is 3.04. The molecule has 2 N–H and O–H groups in total. The molecule has 8 heteroatoms. The van der Waals surface area contributed by atoms with Gasteiger partial charge in [0, 0.05) is 6.54 Å². The molecular weight excluding hydrogens is 380 g/mol. The maximum atomic E-state index is 11.9. The standard InChI is InChI=1S/C8H12Br2N2O2S2/c1-11-3-2-4-12-16(13,14)6-5-7(9)15-8(6)10/h5,11-12H,2-4H2,1H3. The van der Waals surface area contributed by atoms with Crippen molar-refractivity contribution in [1.82, 2.24) is 10.0 Å². The maximum absolute atomic E-state index is 11.9. The summed E-state index contributed by atoms with van der Waals surface area (Å²) < 4.78 is 27.7. The van der Waals surface area contributed by atoms with Crippen LogP contribution in [0.15, 0.2) is 18.5 Å². The van der Waals surface area contributed by atoms with E-state index in [1.165, 1.54) is 11.3 Å². The molecule has 0 unspecified atom stereocenters. The normalized spacial score (nSPS) is 11.9. The molecule has 92 valence electrons. The van der Waals surface area contributed by atoms with E-state index in [9.17, 15) is 8.42 Å². The molecule has 0 aromatic carbocycles. The average molecular weight is 392 g/mol. The minimum absolute atomic E-state index is 0.286. The van der Waals surface area contributed by atoms with Gasteiger partial charge in [0.05, 0.1) is 7.57 Å². The Morgan fingerprint density at radius 1 is 1.38 bits per heavy atom. The Morgan fingerprint density at radius 2 is 2.06 bits per heavy atom. The molecule has 0 spiro atoms. The highest BCUT2D eigenvalue weighted by Crippen LogP contribution is 2.34. The Hall–Kier alpha value is 0.530. The van der Waals surface area contributed by atoms with Crippen LogP contribution in [-0.2, 0) is 10.0 Å². The first-order chi connectivity index (χ1) is 7.47. The van der Waals surface area contributed by atoms with E-state index in [-0.39, 0.29) is 4.90 Å². The van der Waals surface area contributed by atoms with Crippen molar-refractivity contribution in [2.75, 3.05) is 20.1 Å². The van der Waals surface area contributed by atoms with Crippen LogP contribution in [0.1, 0.15) is 6.42 Å². The Kier molecular flexibility index (Phi) is 5.89. The summed E-state index contributed by atoms with van der Waals surface area (Å²) in [7, 11) is -1.56. The molecule has 0 radical (unpaired) electrons. The van der Waals surface area contributed by atoms with Gasteiger partial charge in [0.25, 0.3) is 0 Å². The van der Waals surface area contributed by atoms with Gasteiger partial charge in [-0.2, -0.15) is 0 Å². The van der Waals surface area contributed by atoms with Gasteiger partial charge in [-0.05, 0) is 57.9 Å². The molecule has 1 aromatic rings. The third kappa shape index (κ3) is 4.08. The van der Waals surface area contributed by atoms with Crippen LogP contribution >= 0.6 is 43.2 Å². The maximum Gasteiger partial charge on any atom is 0.242 e. The Labute approximate surface area is 116 Å². The van der Waals surface area contributed by atoms with Gasteiger partial charge in [0.15, 0.2) is 0 Å². The van der Waals surface area contributed by atoms with E-state index >= 15 is 0 Å². The lowest BCUT2D eigenvalue weighted by atomic mass is 10.4. The van der Waals surface area contributed by atoms with Gasteiger partial charge in [-0.25, -0.2) is 13.1 Å². The van der Waals surface area contributed by atoms with E-state index in [0.29, 0.717) is 10.3 Å². The zero-order chi connectivity index (χ0) is 12.2. The largest absolute Gasteiger partial charge is 0.320 e. The summed E-state index contributed by atoms with van der Waals surface area (Å²) in [5, 5.41) is 2.96. The number of thiophene rings is 1. The topological polar surface area (TPSA) is 58.2 Å². The van der Waals surface area contributed by atoms with Gasteiger partial charge in [-0.15, -0.1) is 11.3 Å². The van der Waals surface area contributed by atoms with Crippen molar-refractivity contribution in [2.24, 2.45) is 0 Å². The predicted octanol–water partition coefficient (Wildman–Crippen LogP) is 2.16. The Morgan fingerprint density at radius 3 is 2.56 bits per heavy atom. The van der Waals surface area contributed by atoms with Crippen LogP contribution < -0.4 is 10.0 Å². The molecule has 1 heterocycles. The fraction of sp³-hybridized carbons (Fsp3) is 0.500. The molecule has 0 bridgehead atoms. The molecule has 0 aliphatic heterocycles. The fourth-order valence-electron chi connectivity index (χ4n) is 1.06. The van der Waals surface area contributed by atoms with Crippen LogP contribution in [-0.4, -0.2) is 28.6 Å². The van der Waals surface area contributed by atoms with Crippen LogP contribution in [0.2, 0.25) is 0 Å². The number of hydrogen-bond donors (Lipinski definition) is 2. The first kappa shape index (κ1) is 14.6. The lowest BCUT2D eigenvalue weighted by molar-refractivity contribution is 0.577. The van der Waals surface area contributed by atoms with Gasteiger partial charge < -0.3 is 5.32 Å². The van der Waals surface area contributed by atoms with E-state index in [0.717, 1.165) is 16.8 Å². The second-order valence-corrected chi connectivity index (χ2v) is 8.53. The smallest absolute Gasteiger partial charge is 0.242 e. The number of rotatable bonds is 6. The summed E-state index contributed by atoms with van der Waals surface area (Å²) in [5.74, 6) is 0. The van der Waals surface area contributed by atoms with E-state index < -0.39 is 10.0 Å². The lowest BCUT2D eigenvalue weighted by Crippen LogP contribution is -2.26. The van der Waals surface area contributed by atoms with Crippen molar-refractivity contribution in [3.63, 3.8) is 0 Å². The van der Waals surface area contributed by atoms with E-state index in [1.807, 2.05) is 7.05 Å². The molecule has 1 aromatic heterocycles. The Balaban J connectivity index is 2.67. The highest BCUT2D eigenvalue weighted by atomic mass is 79.9. The summed E-state index contributed by atoms with van der Waals surface area (Å²) in [6.07, 6.45) is 0.763. The van der Waals surface area contributed by atoms with Crippen molar-refractivity contribution in [3.05, 3.63) is 13.6 Å². The molecule has 0 aliphatic rings. The zero-order valence-electron chi connectivity index (χ0n) is 8.59. The van der Waals surface area contributed by atoms with Gasteiger partial charge in [0.2, 0.25) is 10.0 Å². The van der Waals surface area contributed by atoms with Crippen LogP contribution in [0, 0.1) is 0 Å². The average Bonchev–Trinajstić information content (AvgIpc) is 2.53. The molecule has 0 amide bonds. The second kappa shape index (κ2) is 6.46. The Bertz CT molecular complexity index is 445. The van der Waals surface area contributed by atoms with Gasteiger partial charge in [-0.1, -0.05) is 0 Å². The van der Waals surface area contributed by atoms with Crippen LogP contribution in [0.3, 0.4) is 0 Å². The molecular formula is C8H12Br2N2O2S2. The third-order valence-electron chi connectivity index (χ3n) is 1.81. The van der Waals surface area contributed by atoms with E-state index in [2.05, 4.69) is 41.9 Å². The molecule has 16 heavy (non-hydrogen) atoms. The zero-order valence-corrected chi connectivity index (χ0v) is 13.4. The fourth-order valence-corrected chi connectivity index (χ4v) is 5.94. The number of halogens is 2. The van der Waals surface area contributed by atoms with Gasteiger partial charge >= 0.3 is 0 Å². The SMILES string of the molecule is CNCCCNS(=O)(=O)c1cc(Br)sc1Br. The summed E-state index contributed by atoms with van der Waals surface area (Å²) in [6.45, 7) is 1.22. The number of sulfonamides is 1. The minimum atomic E-state index is -3.39. The molecule has 0 aliphatic carbocycles. The van der Waals surface area contributed by atoms with Crippen molar-refractivity contribution in [2.45, 2.75) is 11.3 Å². The third-order valence-corrected chi connectivity index (χ3v) is 6.03. The highest BCUT2D eigenvalue weighted by Gasteiger charge is 2.19. The highest BCUT2D eigenvalue weighted by molar-refractivity contribution is 9.12. The molecule has 0 fully saturated rings. The van der Waals surface area contributed by atoms with Gasteiger partial charge in [0.1, 0.15) is 4.90 Å². The van der Waals surface area contributed by atoms with E-state index in [4.69, 9.17) is 0 Å². The molecule has 0 atom stereocenters. The van der Waals surface area contributed by atoms with E-state index in [1.54, 1.807) is 6.07 Å². The molecule has 1 rings (SSSR count). The molecule has 0 saturated heterocycles. The van der Waals surface area contributed by atoms with Crippen molar-refractivity contribution in [3.8, 4) is 0 Å². The van der Waals surface area contributed by atoms with Crippen LogP contribution in [0.25, 0.3) is 0 Å². The summed E-state index contributed by atoms with van der Waals surface area (Å²) in [4.78, 5) is 0.286. The van der Waals surface area contributed by atoms with Crippen LogP contribution in [0.5, 0.6) is 0 Å². The van der Waals surface area contributed by atoms with Crippen LogP contribution in [0.4, 0.5) is 0 Å². The predicted molar refractivity (Wildman–Crippen MR) is 73.5 cm³/mol. The molecule has 0 saturated carbocycles. The first-order valence-corrected chi connectivity index (χ1v) is 8.45. The monoisotopic (exact) mass is 390 g/mol. The number of nitrogens with one attached hydrogen (secondary N) is 2. The summed E-state index contributed by atoms with van der Waals surface area (Å²) in [5.41, 5.74) is 0. The van der Waals surface area contributed by atoms with Crippen molar-refractivity contribution in [1.29, 1.82) is 0 Å².